The average molecular weight is 372 g/mol. The predicted molar refractivity (Wildman–Crippen MR) is 109 cm³/mol. The first-order valence-corrected chi connectivity index (χ1v) is 9.16. The zero-order chi connectivity index (χ0) is 19.3. The van der Waals surface area contributed by atoms with Gasteiger partial charge in [0.05, 0.1) is 0 Å². The first-order chi connectivity index (χ1) is 13.7. The van der Waals surface area contributed by atoms with Crippen LogP contribution in [0.3, 0.4) is 0 Å². The van der Waals surface area contributed by atoms with E-state index < -0.39 is 6.09 Å². The summed E-state index contributed by atoms with van der Waals surface area (Å²) >= 11 is 0. The summed E-state index contributed by atoms with van der Waals surface area (Å²) in [6.45, 7) is 0.562. The Morgan fingerprint density at radius 3 is 2.39 bits per heavy atom. The summed E-state index contributed by atoms with van der Waals surface area (Å²) in [6, 6.07) is 17.9. The van der Waals surface area contributed by atoms with E-state index in [0.717, 1.165) is 0 Å². The number of H-pyrrole nitrogens is 1. The van der Waals surface area contributed by atoms with Crippen molar-refractivity contribution in [1.29, 1.82) is 0 Å². The average Bonchev–Trinajstić information content (AvgIpc) is 3.05. The zero-order valence-electron chi connectivity index (χ0n) is 15.2. The highest BCUT2D eigenvalue weighted by molar-refractivity contribution is 5.79. The van der Waals surface area contributed by atoms with Gasteiger partial charge in [0, 0.05) is 36.5 Å². The van der Waals surface area contributed by atoms with Gasteiger partial charge in [0.25, 0.3) is 0 Å². The Morgan fingerprint density at radius 2 is 1.71 bits per heavy atom. The number of rotatable bonds is 5. The van der Waals surface area contributed by atoms with E-state index in [1.165, 1.54) is 28.3 Å². The van der Waals surface area contributed by atoms with Gasteiger partial charge in [0.15, 0.2) is 5.43 Å². The minimum Gasteiger partial charge on any atom is -0.449 e. The molecule has 5 nitrogen and oxygen atoms in total. The second-order valence-corrected chi connectivity index (χ2v) is 6.57. The number of alkyl carbamates (subject to hydrolysis) is 1. The van der Waals surface area contributed by atoms with Crippen LogP contribution in [-0.2, 0) is 4.74 Å². The monoisotopic (exact) mass is 372 g/mol. The quantitative estimate of drug-likeness (QED) is 0.713. The molecule has 1 amide bonds. The van der Waals surface area contributed by atoms with Crippen molar-refractivity contribution in [2.24, 2.45) is 0 Å². The summed E-state index contributed by atoms with van der Waals surface area (Å²) in [4.78, 5) is 26.5. The van der Waals surface area contributed by atoms with Crippen LogP contribution < -0.4 is 10.7 Å². The van der Waals surface area contributed by atoms with Crippen molar-refractivity contribution in [3.05, 3.63) is 100.0 Å². The van der Waals surface area contributed by atoms with Gasteiger partial charge < -0.3 is 15.0 Å². The number of carbonyl (C=O) groups excluding carboxylic acids is 1. The van der Waals surface area contributed by atoms with Crippen LogP contribution in [0.4, 0.5) is 4.79 Å². The Hall–Kier alpha value is -3.60. The summed E-state index contributed by atoms with van der Waals surface area (Å²) < 4.78 is 5.46. The van der Waals surface area contributed by atoms with Crippen molar-refractivity contribution in [1.82, 2.24) is 10.3 Å². The minimum absolute atomic E-state index is 0.0385. The lowest BCUT2D eigenvalue weighted by molar-refractivity contribution is 0.144. The molecule has 0 bridgehead atoms. The first kappa shape index (κ1) is 17.8. The summed E-state index contributed by atoms with van der Waals surface area (Å²) in [7, 11) is 0. The summed E-state index contributed by atoms with van der Waals surface area (Å²) in [5.41, 5.74) is 5.22. The van der Waals surface area contributed by atoms with E-state index in [1.54, 1.807) is 24.5 Å². The van der Waals surface area contributed by atoms with Crippen molar-refractivity contribution in [3.8, 4) is 11.1 Å². The molecule has 3 aromatic rings. The molecule has 0 atom stereocenters. The van der Waals surface area contributed by atoms with Crippen molar-refractivity contribution in [3.63, 3.8) is 0 Å². The van der Waals surface area contributed by atoms with Gasteiger partial charge >= 0.3 is 6.09 Å². The van der Waals surface area contributed by atoms with Crippen LogP contribution in [0.2, 0.25) is 0 Å². The first-order valence-electron chi connectivity index (χ1n) is 9.16. The molecule has 140 valence electrons. The molecule has 1 aliphatic carbocycles. The van der Waals surface area contributed by atoms with Gasteiger partial charge in [-0.25, -0.2) is 4.79 Å². The fourth-order valence-corrected chi connectivity index (χ4v) is 3.54. The van der Waals surface area contributed by atoms with E-state index in [2.05, 4.69) is 34.6 Å². The smallest absolute Gasteiger partial charge is 0.407 e. The molecule has 0 spiro atoms. The number of aromatic nitrogens is 1. The topological polar surface area (TPSA) is 71.2 Å². The second kappa shape index (κ2) is 7.96. The van der Waals surface area contributed by atoms with Crippen molar-refractivity contribution < 1.29 is 9.53 Å². The molecule has 4 rings (SSSR count). The maximum atomic E-state index is 12.1. The molecule has 2 N–H and O–H groups in total. The fraction of sp³-hybridized carbons (Fsp3) is 0.130. The van der Waals surface area contributed by atoms with Gasteiger partial charge in [0.2, 0.25) is 0 Å². The predicted octanol–water partition coefficient (Wildman–Crippen LogP) is 3.93. The molecule has 0 fully saturated rings. The number of fused-ring (bicyclic) bond motifs is 3. The Bertz CT molecular complexity index is 1040. The molecule has 0 unspecified atom stereocenters. The number of ether oxygens (including phenoxy) is 1. The number of carbonyl (C=O) groups is 1. The normalized spacial score (nSPS) is 12.6. The number of aromatic amines is 1. The van der Waals surface area contributed by atoms with Gasteiger partial charge in [-0.05, 0) is 22.3 Å². The van der Waals surface area contributed by atoms with Crippen molar-refractivity contribution in [2.75, 3.05) is 13.2 Å². The molecule has 1 aliphatic rings. The van der Waals surface area contributed by atoms with E-state index in [0.29, 0.717) is 5.56 Å². The van der Waals surface area contributed by atoms with Gasteiger partial charge in [0.1, 0.15) is 6.61 Å². The minimum atomic E-state index is -0.478. The van der Waals surface area contributed by atoms with Crippen LogP contribution in [0.5, 0.6) is 0 Å². The molecular formula is C23H20N2O3. The molecule has 1 aromatic heterocycles. The molecule has 0 saturated carbocycles. The maximum absolute atomic E-state index is 12.1. The number of hydrogen-bond acceptors (Lipinski definition) is 3. The third-order valence-corrected chi connectivity index (χ3v) is 4.86. The lowest BCUT2D eigenvalue weighted by Crippen LogP contribution is -2.26. The van der Waals surface area contributed by atoms with Gasteiger partial charge in [-0.15, -0.1) is 0 Å². The molecule has 0 aliphatic heterocycles. The lowest BCUT2D eigenvalue weighted by atomic mass is 9.98. The molecule has 2 aromatic carbocycles. The summed E-state index contributed by atoms with van der Waals surface area (Å²) in [5, 5.41) is 2.68. The highest BCUT2D eigenvalue weighted by Crippen LogP contribution is 2.44. The number of nitrogens with one attached hydrogen (secondary N) is 2. The summed E-state index contributed by atoms with van der Waals surface area (Å²) in [5.74, 6) is 0.0385. The molecule has 0 saturated heterocycles. The molecule has 1 heterocycles. The number of pyridine rings is 1. The van der Waals surface area contributed by atoms with Crippen LogP contribution in [-0.4, -0.2) is 24.2 Å². The highest BCUT2D eigenvalue weighted by Gasteiger charge is 2.28. The van der Waals surface area contributed by atoms with Gasteiger partial charge in [-0.2, -0.15) is 0 Å². The molecular weight excluding hydrogens is 352 g/mol. The standard InChI is InChI=1S/C23H20N2O3/c26-22-11-13-24-14-16(22)6-5-12-25-23(27)28-15-21-19-9-3-1-7-17(19)18-8-2-4-10-20(18)21/h1-11,13-14,21H,12,15H2,(H,24,26)(H,25,27). The Kier molecular flexibility index (Phi) is 5.06. The van der Waals surface area contributed by atoms with Crippen LogP contribution in [0.15, 0.2) is 77.9 Å². The van der Waals surface area contributed by atoms with E-state index in [9.17, 15) is 9.59 Å². The van der Waals surface area contributed by atoms with Crippen molar-refractivity contribution >= 4 is 12.2 Å². The summed E-state index contributed by atoms with van der Waals surface area (Å²) in [6.07, 6.45) is 6.10. The van der Waals surface area contributed by atoms with Crippen LogP contribution in [0, 0.1) is 0 Å². The second-order valence-electron chi connectivity index (χ2n) is 6.57. The Morgan fingerprint density at radius 1 is 1.04 bits per heavy atom. The number of benzene rings is 2. The molecule has 5 heteroatoms. The number of amides is 1. The number of hydrogen-bond donors (Lipinski definition) is 2. The Labute approximate surface area is 162 Å². The lowest BCUT2D eigenvalue weighted by Gasteiger charge is -2.14. The van der Waals surface area contributed by atoms with Crippen molar-refractivity contribution in [2.45, 2.75) is 5.92 Å². The Balaban J connectivity index is 1.35. The SMILES string of the molecule is O=C(NCC=Cc1c[nH]ccc1=O)OCC1c2ccccc2-c2ccccc21. The van der Waals surface area contributed by atoms with Crippen LogP contribution in [0.1, 0.15) is 22.6 Å². The van der Waals surface area contributed by atoms with Crippen LogP contribution in [0.25, 0.3) is 17.2 Å². The third kappa shape index (κ3) is 3.60. The zero-order valence-corrected chi connectivity index (χ0v) is 15.2. The molecule has 0 radical (unpaired) electrons. The van der Waals surface area contributed by atoms with Gasteiger partial charge in [-0.3, -0.25) is 4.79 Å². The maximum Gasteiger partial charge on any atom is 0.407 e. The molecule has 28 heavy (non-hydrogen) atoms. The highest BCUT2D eigenvalue weighted by atomic mass is 16.5. The largest absolute Gasteiger partial charge is 0.449 e. The van der Waals surface area contributed by atoms with E-state index in [4.69, 9.17) is 4.74 Å². The third-order valence-electron chi connectivity index (χ3n) is 4.86. The van der Waals surface area contributed by atoms with E-state index >= 15 is 0 Å². The van der Waals surface area contributed by atoms with Crippen LogP contribution >= 0.6 is 0 Å². The van der Waals surface area contributed by atoms with Gasteiger partial charge in [-0.1, -0.05) is 60.7 Å². The fourth-order valence-electron chi connectivity index (χ4n) is 3.54. The van der Waals surface area contributed by atoms with E-state index in [-0.39, 0.29) is 24.5 Å². The van der Waals surface area contributed by atoms with E-state index in [1.807, 2.05) is 24.3 Å².